The predicted octanol–water partition coefficient (Wildman–Crippen LogP) is 3.13. The molecule has 0 spiro atoms. The molecule has 1 N–H and O–H groups in total. The Balaban J connectivity index is 2.12. The van der Waals surface area contributed by atoms with E-state index in [1.165, 1.54) is 51.6 Å². The molecule has 1 aliphatic carbocycles. The molecule has 0 aromatic rings. The molecule has 2 atom stereocenters. The van der Waals surface area contributed by atoms with Crippen LogP contribution in [0.15, 0.2) is 0 Å². The molecule has 0 bridgehead atoms. The Bertz CT molecular complexity index is 189. The molecule has 2 unspecified atom stereocenters. The highest BCUT2D eigenvalue weighted by Crippen LogP contribution is 2.29. The Kier molecular flexibility index (Phi) is 7.14. The smallest absolute Gasteiger partial charge is 0.00697 e. The van der Waals surface area contributed by atoms with Gasteiger partial charge < -0.3 is 10.2 Å². The first-order valence-corrected chi connectivity index (χ1v) is 7.46. The Morgan fingerprint density at radius 3 is 2.65 bits per heavy atom. The summed E-state index contributed by atoms with van der Waals surface area (Å²) in [5, 5.41) is 3.75. The Morgan fingerprint density at radius 1 is 1.24 bits per heavy atom. The summed E-state index contributed by atoms with van der Waals surface area (Å²) in [5.41, 5.74) is 0. The van der Waals surface area contributed by atoms with E-state index in [0.29, 0.717) is 0 Å². The second-order valence-corrected chi connectivity index (χ2v) is 6.47. The van der Waals surface area contributed by atoms with Gasteiger partial charge in [0.15, 0.2) is 0 Å². The zero-order chi connectivity index (χ0) is 12.7. The molecule has 0 heterocycles. The molecule has 1 rings (SSSR count). The van der Waals surface area contributed by atoms with Crippen LogP contribution in [0.1, 0.15) is 52.4 Å². The van der Waals surface area contributed by atoms with E-state index >= 15 is 0 Å². The summed E-state index contributed by atoms with van der Waals surface area (Å²) >= 11 is 0. The number of nitrogens with one attached hydrogen (secondary N) is 1. The van der Waals surface area contributed by atoms with E-state index in [4.69, 9.17) is 0 Å². The second-order valence-electron chi connectivity index (χ2n) is 6.47. The Morgan fingerprint density at radius 2 is 2.00 bits per heavy atom. The first kappa shape index (κ1) is 15.0. The maximum Gasteiger partial charge on any atom is 0.00697 e. The van der Waals surface area contributed by atoms with Gasteiger partial charge in [-0.1, -0.05) is 26.7 Å². The maximum absolute atomic E-state index is 3.75. The fourth-order valence-corrected chi connectivity index (χ4v) is 3.06. The van der Waals surface area contributed by atoms with Gasteiger partial charge in [-0.2, -0.15) is 0 Å². The summed E-state index contributed by atoms with van der Waals surface area (Å²) in [5.74, 6) is 1.85. The average molecular weight is 240 g/mol. The summed E-state index contributed by atoms with van der Waals surface area (Å²) in [6.07, 6.45) is 8.42. The molecule has 17 heavy (non-hydrogen) atoms. The lowest BCUT2D eigenvalue weighted by Gasteiger charge is -2.31. The van der Waals surface area contributed by atoms with Gasteiger partial charge in [-0.05, 0) is 64.7 Å². The molecular weight excluding hydrogens is 208 g/mol. The zero-order valence-corrected chi connectivity index (χ0v) is 12.3. The average Bonchev–Trinajstić information content (AvgIpc) is 2.24. The molecule has 2 nitrogen and oxygen atoms in total. The van der Waals surface area contributed by atoms with Gasteiger partial charge in [-0.15, -0.1) is 0 Å². The molecule has 0 amide bonds. The SMILES string of the molecule is CC(C)CC1CCCC(NCCCN(C)C)C1. The summed E-state index contributed by atoms with van der Waals surface area (Å²) in [6, 6.07) is 0.801. The molecule has 1 fully saturated rings. The van der Waals surface area contributed by atoms with Crippen molar-refractivity contribution < 1.29 is 0 Å². The molecule has 0 aromatic heterocycles. The van der Waals surface area contributed by atoms with Gasteiger partial charge in [0.05, 0.1) is 0 Å². The first-order chi connectivity index (χ1) is 8.08. The van der Waals surface area contributed by atoms with Crippen molar-refractivity contribution in [3.05, 3.63) is 0 Å². The summed E-state index contributed by atoms with van der Waals surface area (Å²) < 4.78 is 0. The lowest BCUT2D eigenvalue weighted by atomic mass is 9.81. The predicted molar refractivity (Wildman–Crippen MR) is 76.4 cm³/mol. The lowest BCUT2D eigenvalue weighted by Crippen LogP contribution is -2.35. The highest BCUT2D eigenvalue weighted by Gasteiger charge is 2.21. The number of hydrogen-bond acceptors (Lipinski definition) is 2. The molecular formula is C15H32N2. The minimum Gasteiger partial charge on any atom is -0.314 e. The van der Waals surface area contributed by atoms with Crippen molar-refractivity contribution in [2.45, 2.75) is 58.4 Å². The van der Waals surface area contributed by atoms with Gasteiger partial charge >= 0.3 is 0 Å². The summed E-state index contributed by atoms with van der Waals surface area (Å²) in [7, 11) is 4.30. The topological polar surface area (TPSA) is 15.3 Å². The minimum absolute atomic E-state index is 0.801. The fraction of sp³-hybridized carbons (Fsp3) is 1.00. The van der Waals surface area contributed by atoms with Crippen LogP contribution in [0.5, 0.6) is 0 Å². The number of nitrogens with zero attached hydrogens (tertiary/aromatic N) is 1. The van der Waals surface area contributed by atoms with E-state index in [9.17, 15) is 0 Å². The van der Waals surface area contributed by atoms with E-state index < -0.39 is 0 Å². The molecule has 0 radical (unpaired) electrons. The monoisotopic (exact) mass is 240 g/mol. The van der Waals surface area contributed by atoms with Crippen molar-refractivity contribution in [1.29, 1.82) is 0 Å². The molecule has 2 heteroatoms. The van der Waals surface area contributed by atoms with Crippen LogP contribution in [0.25, 0.3) is 0 Å². The minimum atomic E-state index is 0.801. The van der Waals surface area contributed by atoms with E-state index in [1.54, 1.807) is 0 Å². The molecule has 0 aliphatic heterocycles. The van der Waals surface area contributed by atoms with Crippen LogP contribution in [-0.2, 0) is 0 Å². The van der Waals surface area contributed by atoms with Crippen LogP contribution in [0, 0.1) is 11.8 Å². The van der Waals surface area contributed by atoms with Crippen LogP contribution < -0.4 is 5.32 Å². The van der Waals surface area contributed by atoms with E-state index in [0.717, 1.165) is 17.9 Å². The zero-order valence-electron chi connectivity index (χ0n) is 12.3. The summed E-state index contributed by atoms with van der Waals surface area (Å²) in [6.45, 7) is 7.11. The normalized spacial score (nSPS) is 25.8. The first-order valence-electron chi connectivity index (χ1n) is 7.46. The lowest BCUT2D eigenvalue weighted by molar-refractivity contribution is 0.250. The highest BCUT2D eigenvalue weighted by atomic mass is 15.1. The largest absolute Gasteiger partial charge is 0.314 e. The standard InChI is InChI=1S/C15H32N2/c1-13(2)11-14-7-5-8-15(12-14)16-9-6-10-17(3)4/h13-16H,5-12H2,1-4H3. The van der Waals surface area contributed by atoms with E-state index in [2.05, 4.69) is 38.2 Å². The van der Waals surface area contributed by atoms with Gasteiger partial charge in [-0.3, -0.25) is 0 Å². The third kappa shape index (κ3) is 7.05. The van der Waals surface area contributed by atoms with Gasteiger partial charge in [0, 0.05) is 6.04 Å². The van der Waals surface area contributed by atoms with Gasteiger partial charge in [0.2, 0.25) is 0 Å². The molecule has 0 saturated heterocycles. The van der Waals surface area contributed by atoms with Crippen LogP contribution >= 0.6 is 0 Å². The second kappa shape index (κ2) is 8.10. The quantitative estimate of drug-likeness (QED) is 0.688. The number of rotatable bonds is 7. The molecule has 1 aliphatic rings. The van der Waals surface area contributed by atoms with E-state index in [1.807, 2.05) is 0 Å². The van der Waals surface area contributed by atoms with Crippen molar-refractivity contribution in [2.75, 3.05) is 27.2 Å². The third-order valence-corrected chi connectivity index (χ3v) is 3.80. The van der Waals surface area contributed by atoms with Crippen molar-refractivity contribution in [1.82, 2.24) is 10.2 Å². The molecule has 102 valence electrons. The number of hydrogen-bond donors (Lipinski definition) is 1. The molecule has 1 saturated carbocycles. The highest BCUT2D eigenvalue weighted by molar-refractivity contribution is 4.78. The van der Waals surface area contributed by atoms with Gasteiger partial charge in [-0.25, -0.2) is 0 Å². The van der Waals surface area contributed by atoms with Crippen LogP contribution in [0.3, 0.4) is 0 Å². The van der Waals surface area contributed by atoms with Gasteiger partial charge in [0.25, 0.3) is 0 Å². The third-order valence-electron chi connectivity index (χ3n) is 3.80. The molecule has 0 aromatic carbocycles. The van der Waals surface area contributed by atoms with E-state index in [-0.39, 0.29) is 0 Å². The maximum atomic E-state index is 3.75. The Hall–Kier alpha value is -0.0800. The van der Waals surface area contributed by atoms with Crippen molar-refractivity contribution in [2.24, 2.45) is 11.8 Å². The van der Waals surface area contributed by atoms with Crippen molar-refractivity contribution in [3.63, 3.8) is 0 Å². The van der Waals surface area contributed by atoms with Crippen LogP contribution in [0.4, 0.5) is 0 Å². The summed E-state index contributed by atoms with van der Waals surface area (Å²) in [4.78, 5) is 2.27. The van der Waals surface area contributed by atoms with Gasteiger partial charge in [0.1, 0.15) is 0 Å². The Labute approximate surface area is 108 Å². The fourth-order valence-electron chi connectivity index (χ4n) is 3.06. The van der Waals surface area contributed by atoms with Crippen LogP contribution in [-0.4, -0.2) is 38.1 Å². The van der Waals surface area contributed by atoms with Crippen LogP contribution in [0.2, 0.25) is 0 Å². The van der Waals surface area contributed by atoms with Crippen molar-refractivity contribution in [3.8, 4) is 0 Å². The van der Waals surface area contributed by atoms with Crippen molar-refractivity contribution >= 4 is 0 Å².